The van der Waals surface area contributed by atoms with Crippen LogP contribution in [0.1, 0.15) is 24.8 Å². The lowest BCUT2D eigenvalue weighted by Gasteiger charge is -2.25. The summed E-state index contributed by atoms with van der Waals surface area (Å²) in [5, 5.41) is 15.3. The number of hydrogen-bond acceptors (Lipinski definition) is 5. The van der Waals surface area contributed by atoms with E-state index < -0.39 is 11.7 Å². The molecule has 2 aromatic rings. The zero-order valence-corrected chi connectivity index (χ0v) is 17.1. The van der Waals surface area contributed by atoms with Crippen molar-refractivity contribution >= 4 is 29.3 Å². The number of hydrogen-bond donors (Lipinski definition) is 2. The molecule has 8 heteroatoms. The normalized spacial score (nSPS) is 15.9. The van der Waals surface area contributed by atoms with Crippen molar-refractivity contribution in [3.63, 3.8) is 0 Å². The van der Waals surface area contributed by atoms with E-state index in [1.54, 1.807) is 42.5 Å². The number of carbonyl (C=O) groups is 2. The molecular weight excluding hydrogens is 405 g/mol. The lowest BCUT2D eigenvalue weighted by molar-refractivity contribution is -0.121. The van der Waals surface area contributed by atoms with Gasteiger partial charge in [0.2, 0.25) is 11.8 Å². The van der Waals surface area contributed by atoms with Gasteiger partial charge < -0.3 is 15.4 Å². The molecule has 154 valence electrons. The summed E-state index contributed by atoms with van der Waals surface area (Å²) in [4.78, 5) is 24.5. The fourth-order valence-electron chi connectivity index (χ4n) is 3.09. The van der Waals surface area contributed by atoms with Gasteiger partial charge in [-0.3, -0.25) is 9.59 Å². The van der Waals surface area contributed by atoms with E-state index in [1.165, 1.54) is 6.07 Å². The van der Waals surface area contributed by atoms with Crippen molar-refractivity contribution in [3.8, 4) is 11.8 Å². The number of halogens is 1. The van der Waals surface area contributed by atoms with Crippen molar-refractivity contribution in [3.05, 3.63) is 70.5 Å². The molecule has 0 bridgehead atoms. The fourth-order valence-corrected chi connectivity index (χ4v) is 3.97. The smallest absolute Gasteiger partial charge is 0.234 e. The lowest BCUT2D eigenvalue weighted by Crippen LogP contribution is -2.31. The summed E-state index contributed by atoms with van der Waals surface area (Å²) < 4.78 is 19.6. The first-order chi connectivity index (χ1) is 14.5. The van der Waals surface area contributed by atoms with E-state index in [0.29, 0.717) is 23.6 Å². The predicted octanol–water partition coefficient (Wildman–Crippen LogP) is 3.93. The van der Waals surface area contributed by atoms with Crippen molar-refractivity contribution in [1.82, 2.24) is 5.32 Å². The molecule has 2 aromatic carbocycles. The topological polar surface area (TPSA) is 91.2 Å². The third-order valence-corrected chi connectivity index (χ3v) is 5.45. The molecule has 30 heavy (non-hydrogen) atoms. The second-order valence-corrected chi connectivity index (χ2v) is 7.46. The van der Waals surface area contributed by atoms with Gasteiger partial charge >= 0.3 is 0 Å². The van der Waals surface area contributed by atoms with Crippen LogP contribution in [0.15, 0.2) is 59.1 Å². The van der Waals surface area contributed by atoms with Crippen LogP contribution in [0.5, 0.6) is 5.75 Å². The maximum atomic E-state index is 14.2. The average Bonchev–Trinajstić information content (AvgIpc) is 2.74. The number of amides is 2. The van der Waals surface area contributed by atoms with Gasteiger partial charge in [-0.25, -0.2) is 4.39 Å². The molecule has 0 fully saturated rings. The number of thioether (sulfide) groups is 1. The first-order valence-corrected chi connectivity index (χ1v) is 10.3. The van der Waals surface area contributed by atoms with Crippen LogP contribution in [0.25, 0.3) is 0 Å². The highest BCUT2D eigenvalue weighted by molar-refractivity contribution is 8.03. The van der Waals surface area contributed by atoms with Gasteiger partial charge in [0, 0.05) is 18.0 Å². The Hall–Kier alpha value is -3.31. The van der Waals surface area contributed by atoms with E-state index in [1.807, 2.05) is 6.92 Å². The fraction of sp³-hybridized carbons (Fsp3) is 0.227. The Morgan fingerprint density at radius 3 is 2.70 bits per heavy atom. The molecule has 0 aliphatic carbocycles. The van der Waals surface area contributed by atoms with Crippen LogP contribution < -0.4 is 15.4 Å². The van der Waals surface area contributed by atoms with Crippen LogP contribution in [-0.4, -0.2) is 24.2 Å². The zero-order valence-electron chi connectivity index (χ0n) is 16.3. The minimum atomic E-state index is -0.679. The first kappa shape index (κ1) is 21.4. The van der Waals surface area contributed by atoms with Gasteiger partial charge in [-0.2, -0.15) is 5.26 Å². The Morgan fingerprint density at radius 2 is 2.03 bits per heavy atom. The van der Waals surface area contributed by atoms with E-state index in [4.69, 9.17) is 4.74 Å². The molecule has 0 radical (unpaired) electrons. The summed E-state index contributed by atoms with van der Waals surface area (Å²) in [6.45, 7) is 2.44. The molecule has 0 spiro atoms. The molecule has 1 heterocycles. The summed E-state index contributed by atoms with van der Waals surface area (Å²) in [5.41, 5.74) is 1.15. The van der Waals surface area contributed by atoms with E-state index in [9.17, 15) is 19.2 Å². The average molecular weight is 425 g/mol. The summed E-state index contributed by atoms with van der Waals surface area (Å²) in [5.74, 6) is -1.08. The number of nitriles is 1. The van der Waals surface area contributed by atoms with Gasteiger partial charge in [-0.05, 0) is 42.8 Å². The highest BCUT2D eigenvalue weighted by atomic mass is 32.2. The summed E-state index contributed by atoms with van der Waals surface area (Å²) in [7, 11) is 0. The van der Waals surface area contributed by atoms with E-state index in [0.717, 1.165) is 11.8 Å². The standard InChI is InChI=1S/C22H20FN3O3S/c1-2-29-15-9-7-14(8-10-15)25-21(28)13-30-22-18(12-24)17(11-20(27)26-22)16-5-3-4-6-19(16)23/h3-10,17H,2,11,13H2,1H3,(H,25,28)(H,26,27). The van der Waals surface area contributed by atoms with Crippen LogP contribution in [0, 0.1) is 17.1 Å². The number of ether oxygens (including phenoxy) is 1. The first-order valence-electron chi connectivity index (χ1n) is 9.35. The Kier molecular flexibility index (Phi) is 7.09. The number of nitrogens with zero attached hydrogens (tertiary/aromatic N) is 1. The van der Waals surface area contributed by atoms with Crippen LogP contribution >= 0.6 is 11.8 Å². The molecule has 0 saturated heterocycles. The van der Waals surface area contributed by atoms with Gasteiger partial charge in [-0.1, -0.05) is 30.0 Å². The zero-order chi connectivity index (χ0) is 21.5. The van der Waals surface area contributed by atoms with Gasteiger partial charge in [0.1, 0.15) is 11.6 Å². The SMILES string of the molecule is CCOc1ccc(NC(=O)CSC2=C(C#N)C(c3ccccc3F)CC(=O)N2)cc1. The summed E-state index contributed by atoms with van der Waals surface area (Å²) in [6.07, 6.45) is -0.0216. The molecule has 2 amide bonds. The molecule has 2 N–H and O–H groups in total. The van der Waals surface area contributed by atoms with Crippen molar-refractivity contribution < 1.29 is 18.7 Å². The molecule has 6 nitrogen and oxygen atoms in total. The van der Waals surface area contributed by atoms with Gasteiger partial charge in [0.25, 0.3) is 0 Å². The van der Waals surface area contributed by atoms with E-state index in [2.05, 4.69) is 16.7 Å². The Bertz CT molecular complexity index is 1020. The van der Waals surface area contributed by atoms with Crippen molar-refractivity contribution in [2.75, 3.05) is 17.7 Å². The lowest BCUT2D eigenvalue weighted by atomic mass is 9.87. The van der Waals surface area contributed by atoms with E-state index in [-0.39, 0.29) is 34.6 Å². The second kappa shape index (κ2) is 9.94. The Balaban J connectivity index is 1.70. The maximum absolute atomic E-state index is 14.2. The molecule has 1 aliphatic heterocycles. The molecular formula is C22H20FN3O3S. The summed E-state index contributed by atoms with van der Waals surface area (Å²) >= 11 is 1.04. The highest BCUT2D eigenvalue weighted by Gasteiger charge is 2.31. The molecule has 3 rings (SSSR count). The third kappa shape index (κ3) is 5.19. The number of nitrogens with one attached hydrogen (secondary N) is 2. The minimum absolute atomic E-state index is 0.0159. The number of carbonyl (C=O) groups excluding carboxylic acids is 2. The summed E-state index contributed by atoms with van der Waals surface area (Å²) in [6, 6.07) is 15.1. The number of allylic oxidation sites excluding steroid dienone is 1. The van der Waals surface area contributed by atoms with Crippen molar-refractivity contribution in [2.24, 2.45) is 0 Å². The Morgan fingerprint density at radius 1 is 1.30 bits per heavy atom. The predicted molar refractivity (Wildman–Crippen MR) is 113 cm³/mol. The molecule has 0 aromatic heterocycles. The Labute approximate surface area is 178 Å². The maximum Gasteiger partial charge on any atom is 0.234 e. The largest absolute Gasteiger partial charge is 0.494 e. The van der Waals surface area contributed by atoms with Crippen molar-refractivity contribution in [1.29, 1.82) is 5.26 Å². The quantitative estimate of drug-likeness (QED) is 0.701. The molecule has 1 aliphatic rings. The number of anilines is 1. The highest BCUT2D eigenvalue weighted by Crippen LogP contribution is 2.36. The third-order valence-electron chi connectivity index (χ3n) is 4.43. The minimum Gasteiger partial charge on any atom is -0.494 e. The van der Waals surface area contributed by atoms with Crippen LogP contribution in [0.3, 0.4) is 0 Å². The van der Waals surface area contributed by atoms with Crippen LogP contribution in [-0.2, 0) is 9.59 Å². The van der Waals surface area contributed by atoms with E-state index >= 15 is 0 Å². The molecule has 1 atom stereocenters. The number of benzene rings is 2. The number of rotatable bonds is 7. The molecule has 1 unspecified atom stereocenters. The van der Waals surface area contributed by atoms with Crippen LogP contribution in [0.2, 0.25) is 0 Å². The van der Waals surface area contributed by atoms with Crippen molar-refractivity contribution in [2.45, 2.75) is 19.3 Å². The van der Waals surface area contributed by atoms with Gasteiger partial charge in [0.05, 0.1) is 29.0 Å². The molecule has 0 saturated carbocycles. The van der Waals surface area contributed by atoms with Crippen LogP contribution in [0.4, 0.5) is 10.1 Å². The van der Waals surface area contributed by atoms with Gasteiger partial charge in [0.15, 0.2) is 0 Å². The van der Waals surface area contributed by atoms with Gasteiger partial charge in [-0.15, -0.1) is 0 Å². The monoisotopic (exact) mass is 425 g/mol. The second-order valence-electron chi connectivity index (χ2n) is 6.48.